The molecule has 0 amide bonds. The lowest BCUT2D eigenvalue weighted by atomic mass is 9.90. The Morgan fingerprint density at radius 2 is 2.12 bits per heavy atom. The number of hydrogen-bond donors (Lipinski definition) is 2. The van der Waals surface area contributed by atoms with Crippen molar-refractivity contribution in [3.63, 3.8) is 0 Å². The second kappa shape index (κ2) is 6.69. The van der Waals surface area contributed by atoms with Gasteiger partial charge in [-0.05, 0) is 55.1 Å². The standard InChI is InChI=1S/C20H21N3O2/c24-16-7-5-14(6-8-16)15-3-2-10-23(12-15)13-19(25)18-11-22-20-17(18)4-1-9-21-20/h1,4-9,11,15,24H,2-3,10,12-13H2,(H,21,22). The maximum Gasteiger partial charge on any atom is 0.179 e. The van der Waals surface area contributed by atoms with E-state index in [1.165, 1.54) is 5.56 Å². The topological polar surface area (TPSA) is 69.2 Å². The van der Waals surface area contributed by atoms with Crippen molar-refractivity contribution in [3.05, 3.63) is 59.9 Å². The number of carbonyl (C=O) groups is 1. The highest BCUT2D eigenvalue weighted by Crippen LogP contribution is 2.28. The summed E-state index contributed by atoms with van der Waals surface area (Å²) in [5.74, 6) is 0.830. The highest BCUT2D eigenvalue weighted by molar-refractivity contribution is 6.08. The van der Waals surface area contributed by atoms with E-state index in [1.807, 2.05) is 24.3 Å². The number of H-pyrrole nitrogens is 1. The average Bonchev–Trinajstić information content (AvgIpc) is 3.07. The van der Waals surface area contributed by atoms with Gasteiger partial charge in [-0.25, -0.2) is 4.98 Å². The quantitative estimate of drug-likeness (QED) is 0.718. The van der Waals surface area contributed by atoms with E-state index in [4.69, 9.17) is 0 Å². The molecule has 25 heavy (non-hydrogen) atoms. The minimum atomic E-state index is 0.130. The summed E-state index contributed by atoms with van der Waals surface area (Å²) in [6.45, 7) is 2.24. The number of aromatic hydroxyl groups is 1. The van der Waals surface area contributed by atoms with E-state index in [0.717, 1.165) is 42.5 Å². The third-order valence-corrected chi connectivity index (χ3v) is 4.99. The highest BCUT2D eigenvalue weighted by Gasteiger charge is 2.24. The lowest BCUT2D eigenvalue weighted by Crippen LogP contribution is -2.38. The highest BCUT2D eigenvalue weighted by atomic mass is 16.3. The molecule has 3 heterocycles. The third kappa shape index (κ3) is 3.28. The smallest absolute Gasteiger partial charge is 0.179 e. The first kappa shape index (κ1) is 15.8. The van der Waals surface area contributed by atoms with Gasteiger partial charge in [0, 0.05) is 29.9 Å². The Morgan fingerprint density at radius 3 is 2.96 bits per heavy atom. The van der Waals surface area contributed by atoms with Crippen molar-refractivity contribution in [2.24, 2.45) is 0 Å². The van der Waals surface area contributed by atoms with E-state index in [9.17, 15) is 9.90 Å². The molecule has 128 valence electrons. The van der Waals surface area contributed by atoms with E-state index in [-0.39, 0.29) is 5.78 Å². The summed E-state index contributed by atoms with van der Waals surface area (Å²) in [5.41, 5.74) is 2.70. The molecule has 0 bridgehead atoms. The molecular formula is C20H21N3O2. The molecule has 0 spiro atoms. The van der Waals surface area contributed by atoms with E-state index in [2.05, 4.69) is 14.9 Å². The molecule has 1 atom stereocenters. The molecule has 0 saturated carbocycles. The number of rotatable bonds is 4. The van der Waals surface area contributed by atoms with Gasteiger partial charge in [-0.3, -0.25) is 9.69 Å². The molecule has 3 aromatic rings. The van der Waals surface area contributed by atoms with Gasteiger partial charge >= 0.3 is 0 Å². The Hall–Kier alpha value is -2.66. The van der Waals surface area contributed by atoms with Crippen LogP contribution in [0.3, 0.4) is 0 Å². The molecule has 1 aromatic carbocycles. The van der Waals surface area contributed by atoms with Crippen LogP contribution in [0.2, 0.25) is 0 Å². The molecule has 1 unspecified atom stereocenters. The monoisotopic (exact) mass is 335 g/mol. The lowest BCUT2D eigenvalue weighted by molar-refractivity contribution is 0.0908. The first-order chi connectivity index (χ1) is 12.2. The van der Waals surface area contributed by atoms with Gasteiger partial charge in [-0.15, -0.1) is 0 Å². The van der Waals surface area contributed by atoms with Crippen molar-refractivity contribution in [2.45, 2.75) is 18.8 Å². The van der Waals surface area contributed by atoms with Gasteiger partial charge in [0.2, 0.25) is 0 Å². The number of ketones is 1. The van der Waals surface area contributed by atoms with Crippen LogP contribution >= 0.6 is 0 Å². The summed E-state index contributed by atoms with van der Waals surface area (Å²) in [6, 6.07) is 11.2. The fourth-order valence-electron chi connectivity index (χ4n) is 3.69. The van der Waals surface area contributed by atoms with E-state index >= 15 is 0 Å². The lowest BCUT2D eigenvalue weighted by Gasteiger charge is -2.32. The van der Waals surface area contributed by atoms with E-state index < -0.39 is 0 Å². The predicted octanol–water partition coefficient (Wildman–Crippen LogP) is 3.33. The van der Waals surface area contributed by atoms with Crippen LogP contribution < -0.4 is 0 Å². The minimum absolute atomic E-state index is 0.130. The van der Waals surface area contributed by atoms with Crippen molar-refractivity contribution in [3.8, 4) is 5.75 Å². The number of piperidine rings is 1. The van der Waals surface area contributed by atoms with Crippen molar-refractivity contribution < 1.29 is 9.90 Å². The molecule has 1 aliphatic rings. The number of likely N-dealkylation sites (tertiary alicyclic amines) is 1. The Morgan fingerprint density at radius 1 is 1.28 bits per heavy atom. The number of aromatic amines is 1. The zero-order valence-corrected chi connectivity index (χ0v) is 14.0. The fraction of sp³-hybridized carbons (Fsp3) is 0.300. The van der Waals surface area contributed by atoms with Crippen LogP contribution in [0, 0.1) is 0 Å². The van der Waals surface area contributed by atoms with Crippen LogP contribution in [0.25, 0.3) is 11.0 Å². The van der Waals surface area contributed by atoms with Gasteiger partial charge in [0.25, 0.3) is 0 Å². The number of hydrogen-bond acceptors (Lipinski definition) is 4. The van der Waals surface area contributed by atoms with Gasteiger partial charge in [-0.1, -0.05) is 12.1 Å². The van der Waals surface area contributed by atoms with Crippen LogP contribution in [0.1, 0.15) is 34.7 Å². The second-order valence-corrected chi connectivity index (χ2v) is 6.69. The maximum atomic E-state index is 12.8. The number of benzene rings is 1. The molecule has 0 aliphatic carbocycles. The Balaban J connectivity index is 1.47. The predicted molar refractivity (Wildman–Crippen MR) is 96.9 cm³/mol. The molecule has 4 rings (SSSR count). The summed E-state index contributed by atoms with van der Waals surface area (Å²) in [7, 11) is 0. The number of carbonyl (C=O) groups excluding carboxylic acids is 1. The summed E-state index contributed by atoms with van der Waals surface area (Å²) in [6.07, 6.45) is 5.68. The van der Waals surface area contributed by atoms with Gasteiger partial charge in [-0.2, -0.15) is 0 Å². The number of pyridine rings is 1. The van der Waals surface area contributed by atoms with Gasteiger partial charge in [0.1, 0.15) is 11.4 Å². The summed E-state index contributed by atoms with van der Waals surface area (Å²) >= 11 is 0. The molecule has 1 saturated heterocycles. The molecular weight excluding hydrogens is 314 g/mol. The molecule has 1 fully saturated rings. The number of Topliss-reactive ketones (excluding diaryl/α,β-unsaturated/α-hetero) is 1. The van der Waals surface area contributed by atoms with Crippen molar-refractivity contribution in [2.75, 3.05) is 19.6 Å². The Kier molecular flexibility index (Phi) is 4.24. The van der Waals surface area contributed by atoms with Gasteiger partial charge in [0.15, 0.2) is 5.78 Å². The molecule has 2 aromatic heterocycles. The summed E-state index contributed by atoms with van der Waals surface area (Å²) in [4.78, 5) is 22.3. The van der Waals surface area contributed by atoms with Gasteiger partial charge in [0.05, 0.1) is 6.54 Å². The first-order valence-corrected chi connectivity index (χ1v) is 8.67. The molecule has 5 nitrogen and oxygen atoms in total. The summed E-state index contributed by atoms with van der Waals surface area (Å²) in [5, 5.41) is 10.3. The first-order valence-electron chi connectivity index (χ1n) is 8.67. The number of phenols is 1. The Bertz CT molecular complexity index is 885. The molecule has 2 N–H and O–H groups in total. The van der Waals surface area contributed by atoms with Crippen molar-refractivity contribution >= 4 is 16.8 Å². The number of fused-ring (bicyclic) bond motifs is 1. The van der Waals surface area contributed by atoms with Gasteiger partial charge < -0.3 is 10.1 Å². The molecule has 1 aliphatic heterocycles. The van der Waals surface area contributed by atoms with Crippen LogP contribution in [0.5, 0.6) is 5.75 Å². The number of aromatic nitrogens is 2. The molecule has 0 radical (unpaired) electrons. The average molecular weight is 335 g/mol. The third-order valence-electron chi connectivity index (χ3n) is 4.99. The number of nitrogens with one attached hydrogen (secondary N) is 1. The van der Waals surface area contributed by atoms with Crippen molar-refractivity contribution in [1.29, 1.82) is 0 Å². The Labute approximate surface area is 146 Å². The van der Waals surface area contributed by atoms with Crippen LogP contribution in [-0.2, 0) is 0 Å². The minimum Gasteiger partial charge on any atom is -0.508 e. The van der Waals surface area contributed by atoms with E-state index in [1.54, 1.807) is 24.5 Å². The SMILES string of the molecule is O=C(CN1CCCC(c2ccc(O)cc2)C1)c1c[nH]c2ncccc12. The molecule has 5 heteroatoms. The fourth-order valence-corrected chi connectivity index (χ4v) is 3.69. The van der Waals surface area contributed by atoms with Crippen molar-refractivity contribution in [1.82, 2.24) is 14.9 Å². The summed E-state index contributed by atoms with van der Waals surface area (Å²) < 4.78 is 0. The maximum absolute atomic E-state index is 12.8. The van der Waals surface area contributed by atoms with E-state index in [0.29, 0.717) is 18.2 Å². The number of phenolic OH excluding ortho intramolecular Hbond substituents is 1. The zero-order chi connectivity index (χ0) is 17.2. The van der Waals surface area contributed by atoms with Crippen LogP contribution in [-0.4, -0.2) is 45.4 Å². The largest absolute Gasteiger partial charge is 0.508 e. The zero-order valence-electron chi connectivity index (χ0n) is 14.0. The number of nitrogens with zero attached hydrogens (tertiary/aromatic N) is 2. The normalized spacial score (nSPS) is 18.5. The van der Waals surface area contributed by atoms with Crippen LogP contribution in [0.15, 0.2) is 48.8 Å². The van der Waals surface area contributed by atoms with Crippen LogP contribution in [0.4, 0.5) is 0 Å². The second-order valence-electron chi connectivity index (χ2n) is 6.69.